The summed E-state index contributed by atoms with van der Waals surface area (Å²) in [5.74, 6) is -0.0117. The zero-order valence-electron chi connectivity index (χ0n) is 9.03. The lowest BCUT2D eigenvalue weighted by atomic mass is 10.2. The molecule has 94 valence electrons. The molecule has 1 aromatic rings. The van der Waals surface area contributed by atoms with Crippen LogP contribution in [-0.4, -0.2) is 29.9 Å². The van der Waals surface area contributed by atoms with Gasteiger partial charge < -0.3 is 10.6 Å². The van der Waals surface area contributed by atoms with Gasteiger partial charge in [0.05, 0.1) is 5.56 Å². The zero-order valence-corrected chi connectivity index (χ0v) is 12.2. The fourth-order valence-electron chi connectivity index (χ4n) is 1.80. The number of rotatable bonds is 1. The third-order valence-corrected chi connectivity index (χ3v) is 3.60. The summed E-state index contributed by atoms with van der Waals surface area (Å²) in [5, 5.41) is 0.565. The molecule has 3 nitrogen and oxygen atoms in total. The molecule has 0 spiro atoms. The molecule has 0 radical (unpaired) electrons. The van der Waals surface area contributed by atoms with E-state index in [0.29, 0.717) is 17.1 Å². The summed E-state index contributed by atoms with van der Waals surface area (Å²) in [6.45, 7) is 1.34. The molecule has 17 heavy (non-hydrogen) atoms. The van der Waals surface area contributed by atoms with Crippen LogP contribution in [-0.2, 0) is 0 Å². The molecule has 1 amide bonds. The maximum Gasteiger partial charge on any atom is 0.255 e. The van der Waals surface area contributed by atoms with Gasteiger partial charge in [0.1, 0.15) is 0 Å². The number of halogens is 3. The second-order valence-corrected chi connectivity index (χ2v) is 5.21. The SMILES string of the molecule is Cl.NC1CCN(C(=O)c2cc(Cl)ccc2Br)C1. The standard InChI is InChI=1S/C11H12BrClN2O.ClH/c12-10-2-1-7(13)5-9(10)11(16)15-4-3-8(14)6-15;/h1-2,5,8H,3-4,6,14H2;1H. The van der Waals surface area contributed by atoms with Crippen molar-refractivity contribution in [2.45, 2.75) is 12.5 Å². The van der Waals surface area contributed by atoms with Gasteiger partial charge in [-0.15, -0.1) is 12.4 Å². The topological polar surface area (TPSA) is 46.3 Å². The average Bonchev–Trinajstić information content (AvgIpc) is 2.67. The Balaban J connectivity index is 0.00000144. The monoisotopic (exact) mass is 338 g/mol. The smallest absolute Gasteiger partial charge is 0.255 e. The summed E-state index contributed by atoms with van der Waals surface area (Å²) in [7, 11) is 0. The fraction of sp³-hybridized carbons (Fsp3) is 0.364. The van der Waals surface area contributed by atoms with Gasteiger partial charge in [-0.25, -0.2) is 0 Å². The molecule has 0 saturated carbocycles. The largest absolute Gasteiger partial charge is 0.337 e. The molecule has 1 saturated heterocycles. The molecule has 0 aliphatic carbocycles. The Morgan fingerprint density at radius 1 is 1.53 bits per heavy atom. The second kappa shape index (κ2) is 6.05. The maximum absolute atomic E-state index is 12.1. The van der Waals surface area contributed by atoms with Crippen molar-refractivity contribution in [1.82, 2.24) is 4.90 Å². The molecular weight excluding hydrogens is 327 g/mol. The van der Waals surface area contributed by atoms with Crippen LogP contribution in [0.3, 0.4) is 0 Å². The van der Waals surface area contributed by atoms with Crippen LogP contribution >= 0.6 is 39.9 Å². The van der Waals surface area contributed by atoms with Crippen LogP contribution < -0.4 is 5.73 Å². The van der Waals surface area contributed by atoms with Crippen LogP contribution in [0.2, 0.25) is 5.02 Å². The van der Waals surface area contributed by atoms with Crippen molar-refractivity contribution in [3.05, 3.63) is 33.3 Å². The van der Waals surface area contributed by atoms with Crippen LogP contribution in [0.4, 0.5) is 0 Å². The van der Waals surface area contributed by atoms with Gasteiger partial charge in [-0.2, -0.15) is 0 Å². The minimum Gasteiger partial charge on any atom is -0.337 e. The molecule has 1 aliphatic heterocycles. The van der Waals surface area contributed by atoms with Crippen molar-refractivity contribution < 1.29 is 4.79 Å². The molecule has 6 heteroatoms. The van der Waals surface area contributed by atoms with Gasteiger partial charge >= 0.3 is 0 Å². The van der Waals surface area contributed by atoms with E-state index in [1.807, 2.05) is 0 Å². The van der Waals surface area contributed by atoms with Crippen LogP contribution in [0.15, 0.2) is 22.7 Å². The van der Waals surface area contributed by atoms with Gasteiger partial charge in [0.15, 0.2) is 0 Å². The minimum atomic E-state index is -0.0117. The van der Waals surface area contributed by atoms with E-state index >= 15 is 0 Å². The summed E-state index contributed by atoms with van der Waals surface area (Å²) >= 11 is 9.24. The molecule has 1 fully saturated rings. The van der Waals surface area contributed by atoms with E-state index in [-0.39, 0.29) is 24.4 Å². The number of hydrogen-bond donors (Lipinski definition) is 1. The van der Waals surface area contributed by atoms with Gasteiger partial charge in [0.25, 0.3) is 5.91 Å². The van der Waals surface area contributed by atoms with Crippen LogP contribution in [0, 0.1) is 0 Å². The van der Waals surface area contributed by atoms with Crippen molar-refractivity contribution >= 4 is 45.8 Å². The Morgan fingerprint density at radius 3 is 2.82 bits per heavy atom. The van der Waals surface area contributed by atoms with Crippen molar-refractivity contribution in [3.8, 4) is 0 Å². The third kappa shape index (κ3) is 3.35. The minimum absolute atomic E-state index is 0. The molecule has 2 rings (SSSR count). The van der Waals surface area contributed by atoms with Gasteiger partial charge in [0, 0.05) is 28.6 Å². The van der Waals surface area contributed by atoms with Gasteiger partial charge in [-0.05, 0) is 40.5 Å². The van der Waals surface area contributed by atoms with Gasteiger partial charge in [-0.1, -0.05) is 11.6 Å². The first-order chi connectivity index (χ1) is 7.58. The molecule has 1 aliphatic rings. The molecule has 1 aromatic carbocycles. The van der Waals surface area contributed by atoms with Crippen molar-refractivity contribution in [1.29, 1.82) is 0 Å². The van der Waals surface area contributed by atoms with Gasteiger partial charge in [-0.3, -0.25) is 4.79 Å². The fourth-order valence-corrected chi connectivity index (χ4v) is 2.39. The van der Waals surface area contributed by atoms with Crippen molar-refractivity contribution in [3.63, 3.8) is 0 Å². The molecule has 1 heterocycles. The summed E-state index contributed by atoms with van der Waals surface area (Å²) in [4.78, 5) is 13.9. The maximum atomic E-state index is 12.1. The van der Waals surface area contributed by atoms with Crippen LogP contribution in [0.1, 0.15) is 16.8 Å². The molecule has 0 bridgehead atoms. The quantitative estimate of drug-likeness (QED) is 0.855. The van der Waals surface area contributed by atoms with E-state index < -0.39 is 0 Å². The lowest BCUT2D eigenvalue weighted by Crippen LogP contribution is -2.32. The lowest BCUT2D eigenvalue weighted by Gasteiger charge is -2.16. The molecule has 1 atom stereocenters. The zero-order chi connectivity index (χ0) is 11.7. The number of nitrogens with zero attached hydrogens (tertiary/aromatic N) is 1. The lowest BCUT2D eigenvalue weighted by molar-refractivity contribution is 0.0790. The number of likely N-dealkylation sites (tertiary alicyclic amines) is 1. The number of carbonyl (C=O) groups is 1. The number of hydrogen-bond acceptors (Lipinski definition) is 2. The number of nitrogens with two attached hydrogens (primary N) is 1. The van der Waals surface area contributed by atoms with Crippen LogP contribution in [0.5, 0.6) is 0 Å². The summed E-state index contributed by atoms with van der Waals surface area (Å²) < 4.78 is 0.766. The first kappa shape index (κ1) is 14.8. The third-order valence-electron chi connectivity index (χ3n) is 2.67. The molecular formula is C11H13BrCl2N2O. The normalized spacial score (nSPS) is 19.0. The predicted molar refractivity (Wildman–Crippen MR) is 74.9 cm³/mol. The van der Waals surface area contributed by atoms with Crippen molar-refractivity contribution in [2.24, 2.45) is 5.73 Å². The molecule has 0 aromatic heterocycles. The summed E-state index contributed by atoms with van der Waals surface area (Å²) in [5.41, 5.74) is 6.38. The Bertz CT molecular complexity index is 428. The van der Waals surface area contributed by atoms with E-state index in [1.165, 1.54) is 0 Å². The Kier molecular flexibility index (Phi) is 5.25. The van der Waals surface area contributed by atoms with E-state index in [9.17, 15) is 4.79 Å². The Labute approximate surface area is 120 Å². The van der Waals surface area contributed by atoms with E-state index in [1.54, 1.807) is 23.1 Å². The van der Waals surface area contributed by atoms with E-state index in [4.69, 9.17) is 17.3 Å². The first-order valence-corrected chi connectivity index (χ1v) is 6.25. The molecule has 2 N–H and O–H groups in total. The highest BCUT2D eigenvalue weighted by atomic mass is 79.9. The highest BCUT2D eigenvalue weighted by molar-refractivity contribution is 9.10. The first-order valence-electron chi connectivity index (χ1n) is 5.08. The average molecular weight is 340 g/mol. The molecule has 1 unspecified atom stereocenters. The Morgan fingerprint density at radius 2 is 2.24 bits per heavy atom. The predicted octanol–water partition coefficient (Wildman–Crippen LogP) is 2.70. The van der Waals surface area contributed by atoms with E-state index in [2.05, 4.69) is 15.9 Å². The summed E-state index contributed by atoms with van der Waals surface area (Å²) in [6, 6.07) is 5.31. The van der Waals surface area contributed by atoms with E-state index in [0.717, 1.165) is 17.4 Å². The second-order valence-electron chi connectivity index (χ2n) is 3.92. The van der Waals surface area contributed by atoms with Crippen LogP contribution in [0.25, 0.3) is 0 Å². The number of carbonyl (C=O) groups excluding carboxylic acids is 1. The van der Waals surface area contributed by atoms with Gasteiger partial charge in [0.2, 0.25) is 0 Å². The van der Waals surface area contributed by atoms with Crippen molar-refractivity contribution in [2.75, 3.05) is 13.1 Å². The highest BCUT2D eigenvalue weighted by Gasteiger charge is 2.25. The highest BCUT2D eigenvalue weighted by Crippen LogP contribution is 2.23. The summed E-state index contributed by atoms with van der Waals surface area (Å²) in [6.07, 6.45) is 0.865. The number of benzene rings is 1. The number of amides is 1. The Hall–Kier alpha value is -0.290.